The first-order valence-corrected chi connectivity index (χ1v) is 10.6. The van der Waals surface area contributed by atoms with Crippen molar-refractivity contribution in [1.82, 2.24) is 0 Å². The molecular formula is C21H44O2. The average Bonchev–Trinajstić information content (AvgIpc) is 2.57. The molecule has 140 valence electrons. The molecule has 1 N–H and O–H groups in total. The van der Waals surface area contributed by atoms with E-state index in [1.54, 1.807) is 0 Å². The van der Waals surface area contributed by atoms with Crippen molar-refractivity contribution in [2.75, 3.05) is 19.8 Å². The van der Waals surface area contributed by atoms with Gasteiger partial charge in [0.2, 0.25) is 0 Å². The minimum absolute atomic E-state index is 0.249. The Morgan fingerprint density at radius 2 is 0.826 bits per heavy atom. The quantitative estimate of drug-likeness (QED) is 0.254. The maximum atomic E-state index is 8.63. The van der Waals surface area contributed by atoms with E-state index in [1.807, 2.05) is 0 Å². The van der Waals surface area contributed by atoms with Gasteiger partial charge in [-0.05, 0) is 12.8 Å². The van der Waals surface area contributed by atoms with Gasteiger partial charge in [-0.2, -0.15) is 0 Å². The van der Waals surface area contributed by atoms with Gasteiger partial charge in [-0.25, -0.2) is 0 Å². The summed E-state index contributed by atoms with van der Waals surface area (Å²) in [5.74, 6) is 0. The minimum atomic E-state index is 0.249. The monoisotopic (exact) mass is 328 g/mol. The molecule has 23 heavy (non-hydrogen) atoms. The lowest BCUT2D eigenvalue weighted by molar-refractivity contribution is 0.112. The Labute approximate surface area is 146 Å². The Hall–Kier alpha value is -0.0800. The number of aliphatic hydroxyl groups is 1. The van der Waals surface area contributed by atoms with Crippen LogP contribution in [0, 0.1) is 0 Å². The second-order valence-electron chi connectivity index (χ2n) is 6.99. The van der Waals surface area contributed by atoms with E-state index >= 15 is 0 Å². The zero-order valence-corrected chi connectivity index (χ0v) is 16.0. The number of hydrogen-bond acceptors (Lipinski definition) is 2. The van der Waals surface area contributed by atoms with E-state index in [0.717, 1.165) is 19.6 Å². The molecule has 0 spiro atoms. The standard InChI is InChI=1S/C21H44O2/c1-2-3-4-5-6-7-8-9-10-11-12-13-14-15-16-17-20-23-21-18-19-22/h22H,2-21H2,1H3. The van der Waals surface area contributed by atoms with Crippen molar-refractivity contribution in [1.29, 1.82) is 0 Å². The molecule has 0 aliphatic carbocycles. The van der Waals surface area contributed by atoms with Gasteiger partial charge < -0.3 is 9.84 Å². The van der Waals surface area contributed by atoms with Crippen LogP contribution in [0.4, 0.5) is 0 Å². The molecule has 0 bridgehead atoms. The molecular weight excluding hydrogens is 284 g/mol. The van der Waals surface area contributed by atoms with Crippen LogP contribution in [0.15, 0.2) is 0 Å². The molecule has 0 atom stereocenters. The molecule has 0 aliphatic heterocycles. The summed E-state index contributed by atoms with van der Waals surface area (Å²) in [5, 5.41) is 8.63. The van der Waals surface area contributed by atoms with Gasteiger partial charge in [0.25, 0.3) is 0 Å². The smallest absolute Gasteiger partial charge is 0.0487 e. The average molecular weight is 329 g/mol. The highest BCUT2D eigenvalue weighted by atomic mass is 16.5. The summed E-state index contributed by atoms with van der Waals surface area (Å²) in [7, 11) is 0. The van der Waals surface area contributed by atoms with Crippen LogP contribution in [-0.2, 0) is 4.74 Å². The number of aliphatic hydroxyl groups excluding tert-OH is 1. The van der Waals surface area contributed by atoms with Gasteiger partial charge in [-0.15, -0.1) is 0 Å². The first kappa shape index (κ1) is 22.9. The molecule has 0 amide bonds. The summed E-state index contributed by atoms with van der Waals surface area (Å²) in [6, 6.07) is 0. The van der Waals surface area contributed by atoms with Gasteiger partial charge in [0, 0.05) is 19.8 Å². The number of ether oxygens (including phenoxy) is 1. The van der Waals surface area contributed by atoms with Crippen LogP contribution in [0.1, 0.15) is 116 Å². The van der Waals surface area contributed by atoms with E-state index in [4.69, 9.17) is 9.84 Å². The zero-order valence-electron chi connectivity index (χ0n) is 16.0. The molecule has 0 aromatic heterocycles. The Bertz CT molecular complexity index is 174. The third-order valence-corrected chi connectivity index (χ3v) is 4.59. The number of rotatable bonds is 20. The first-order valence-electron chi connectivity index (χ1n) is 10.6. The lowest BCUT2D eigenvalue weighted by atomic mass is 10.0. The molecule has 0 aromatic rings. The Morgan fingerprint density at radius 1 is 0.478 bits per heavy atom. The number of unbranched alkanes of at least 4 members (excludes halogenated alkanes) is 15. The molecule has 0 radical (unpaired) electrons. The van der Waals surface area contributed by atoms with Gasteiger partial charge in [0.05, 0.1) is 0 Å². The van der Waals surface area contributed by atoms with E-state index in [0.29, 0.717) is 0 Å². The fourth-order valence-corrected chi connectivity index (χ4v) is 3.02. The van der Waals surface area contributed by atoms with Crippen molar-refractivity contribution in [3.63, 3.8) is 0 Å². The highest BCUT2D eigenvalue weighted by molar-refractivity contribution is 4.50. The molecule has 0 saturated heterocycles. The van der Waals surface area contributed by atoms with Gasteiger partial charge in [-0.1, -0.05) is 103 Å². The highest BCUT2D eigenvalue weighted by Gasteiger charge is 1.95. The third kappa shape index (κ3) is 21.9. The predicted molar refractivity (Wildman–Crippen MR) is 102 cm³/mol. The fourth-order valence-electron chi connectivity index (χ4n) is 3.02. The van der Waals surface area contributed by atoms with Crippen molar-refractivity contribution in [3.8, 4) is 0 Å². The Kier molecular flexibility index (Phi) is 21.8. The van der Waals surface area contributed by atoms with E-state index < -0.39 is 0 Å². The lowest BCUT2D eigenvalue weighted by Gasteiger charge is -2.04. The summed E-state index contributed by atoms with van der Waals surface area (Å²) >= 11 is 0. The van der Waals surface area contributed by atoms with Crippen LogP contribution in [0.5, 0.6) is 0 Å². The van der Waals surface area contributed by atoms with Crippen LogP contribution in [0.25, 0.3) is 0 Å². The molecule has 0 heterocycles. The van der Waals surface area contributed by atoms with E-state index in [9.17, 15) is 0 Å². The topological polar surface area (TPSA) is 29.5 Å². The summed E-state index contributed by atoms with van der Waals surface area (Å²) in [6.45, 7) is 4.13. The SMILES string of the molecule is CCCCCCCCCCCCCCCCCCOCCCO. The van der Waals surface area contributed by atoms with Crippen molar-refractivity contribution >= 4 is 0 Å². The maximum absolute atomic E-state index is 8.63. The minimum Gasteiger partial charge on any atom is -0.396 e. The normalized spacial score (nSPS) is 11.2. The van der Waals surface area contributed by atoms with Gasteiger partial charge >= 0.3 is 0 Å². The highest BCUT2D eigenvalue weighted by Crippen LogP contribution is 2.13. The van der Waals surface area contributed by atoms with E-state index in [1.165, 1.54) is 103 Å². The van der Waals surface area contributed by atoms with Crippen LogP contribution in [-0.4, -0.2) is 24.9 Å². The van der Waals surface area contributed by atoms with Crippen molar-refractivity contribution in [2.24, 2.45) is 0 Å². The van der Waals surface area contributed by atoms with Gasteiger partial charge in [0.15, 0.2) is 0 Å². The van der Waals surface area contributed by atoms with Gasteiger partial charge in [0.1, 0.15) is 0 Å². The van der Waals surface area contributed by atoms with Crippen LogP contribution in [0.3, 0.4) is 0 Å². The Balaban J connectivity index is 2.92. The first-order chi connectivity index (χ1) is 11.4. The van der Waals surface area contributed by atoms with Crippen LogP contribution in [0.2, 0.25) is 0 Å². The zero-order chi connectivity index (χ0) is 16.8. The van der Waals surface area contributed by atoms with Crippen molar-refractivity contribution < 1.29 is 9.84 Å². The molecule has 0 rings (SSSR count). The van der Waals surface area contributed by atoms with Gasteiger partial charge in [-0.3, -0.25) is 0 Å². The van der Waals surface area contributed by atoms with E-state index in [-0.39, 0.29) is 6.61 Å². The molecule has 0 fully saturated rings. The second kappa shape index (κ2) is 21.9. The fraction of sp³-hybridized carbons (Fsp3) is 1.00. The molecule has 2 heteroatoms. The summed E-state index contributed by atoms with van der Waals surface area (Å²) in [5.41, 5.74) is 0. The largest absolute Gasteiger partial charge is 0.396 e. The molecule has 2 nitrogen and oxygen atoms in total. The number of hydrogen-bond donors (Lipinski definition) is 1. The van der Waals surface area contributed by atoms with Crippen molar-refractivity contribution in [2.45, 2.75) is 116 Å². The molecule has 0 aromatic carbocycles. The summed E-state index contributed by atoms with van der Waals surface area (Å²) in [4.78, 5) is 0. The second-order valence-corrected chi connectivity index (χ2v) is 6.99. The lowest BCUT2D eigenvalue weighted by Crippen LogP contribution is -1.98. The van der Waals surface area contributed by atoms with Crippen molar-refractivity contribution in [3.05, 3.63) is 0 Å². The predicted octanol–water partition coefficient (Wildman–Crippen LogP) is 6.65. The maximum Gasteiger partial charge on any atom is 0.0487 e. The van der Waals surface area contributed by atoms with Crippen LogP contribution >= 0.6 is 0 Å². The summed E-state index contributed by atoms with van der Waals surface area (Å²) < 4.78 is 5.43. The molecule has 0 unspecified atom stereocenters. The van der Waals surface area contributed by atoms with Crippen LogP contribution < -0.4 is 0 Å². The molecule has 0 saturated carbocycles. The molecule has 0 aliphatic rings. The Morgan fingerprint density at radius 3 is 1.22 bits per heavy atom. The van der Waals surface area contributed by atoms with E-state index in [2.05, 4.69) is 6.92 Å². The third-order valence-electron chi connectivity index (χ3n) is 4.59. The summed E-state index contributed by atoms with van der Waals surface area (Å²) in [6.07, 6.45) is 23.3.